The van der Waals surface area contributed by atoms with E-state index in [0.717, 1.165) is 48.5 Å². The zero-order valence-electron chi connectivity index (χ0n) is 19.6. The topological polar surface area (TPSA) is 84.0 Å². The highest BCUT2D eigenvalue weighted by Gasteiger charge is 2.31. The lowest BCUT2D eigenvalue weighted by atomic mass is 10.0. The number of benzene rings is 3. The number of H-pyrrole nitrogens is 1. The molecule has 12 heteroatoms. The summed E-state index contributed by atoms with van der Waals surface area (Å²) in [5.41, 5.74) is -2.90. The summed E-state index contributed by atoms with van der Waals surface area (Å²) in [6, 6.07) is 6.83. The molecule has 38 heavy (non-hydrogen) atoms. The predicted octanol–water partition coefficient (Wildman–Crippen LogP) is 4.79. The van der Waals surface area contributed by atoms with E-state index in [9.17, 15) is 40.7 Å². The van der Waals surface area contributed by atoms with Crippen LogP contribution < -0.4 is 16.6 Å². The molecule has 4 aromatic rings. The maximum atomic E-state index is 14.3. The van der Waals surface area contributed by atoms with Crippen molar-refractivity contribution in [2.75, 3.05) is 0 Å². The lowest BCUT2D eigenvalue weighted by Gasteiger charge is -2.22. The molecule has 1 heterocycles. The summed E-state index contributed by atoms with van der Waals surface area (Å²) < 4.78 is 80.9. The Morgan fingerprint density at radius 3 is 2.21 bits per heavy atom. The van der Waals surface area contributed by atoms with Gasteiger partial charge in [-0.25, -0.2) is 22.5 Å². The fourth-order valence-corrected chi connectivity index (χ4v) is 4.08. The Bertz CT molecular complexity index is 1630. The van der Waals surface area contributed by atoms with Gasteiger partial charge in [0.15, 0.2) is 0 Å². The van der Waals surface area contributed by atoms with Gasteiger partial charge in [0, 0.05) is 18.1 Å². The molecule has 2 atom stereocenters. The first-order valence-electron chi connectivity index (χ1n) is 11.2. The minimum absolute atomic E-state index is 0.00749. The zero-order chi connectivity index (χ0) is 27.8. The van der Waals surface area contributed by atoms with E-state index in [2.05, 4.69) is 10.3 Å². The van der Waals surface area contributed by atoms with Crippen LogP contribution in [0.2, 0.25) is 0 Å². The quantitative estimate of drug-likeness (QED) is 0.349. The van der Waals surface area contributed by atoms with Crippen LogP contribution in [0.3, 0.4) is 0 Å². The summed E-state index contributed by atoms with van der Waals surface area (Å²) in [7, 11) is 0. The molecule has 6 nitrogen and oxygen atoms in total. The van der Waals surface area contributed by atoms with Gasteiger partial charge >= 0.3 is 11.9 Å². The number of carbonyl (C=O) groups excluding carboxylic acids is 1. The van der Waals surface area contributed by atoms with Crippen molar-refractivity contribution in [1.82, 2.24) is 14.9 Å². The van der Waals surface area contributed by atoms with Crippen LogP contribution in [0.25, 0.3) is 10.9 Å². The molecule has 0 saturated heterocycles. The number of amides is 1. The number of aromatic nitrogens is 2. The minimum Gasteiger partial charge on any atom is -0.348 e. The fourth-order valence-electron chi connectivity index (χ4n) is 4.08. The van der Waals surface area contributed by atoms with Crippen molar-refractivity contribution in [3.8, 4) is 0 Å². The van der Waals surface area contributed by atoms with E-state index >= 15 is 0 Å². The summed E-state index contributed by atoms with van der Waals surface area (Å²) in [4.78, 5) is 41.9. The molecule has 1 amide bonds. The number of alkyl halides is 3. The molecule has 0 aliphatic rings. The van der Waals surface area contributed by atoms with Crippen LogP contribution in [0.1, 0.15) is 35.7 Å². The highest BCUT2D eigenvalue weighted by Crippen LogP contribution is 2.29. The number of hydrogen-bond acceptors (Lipinski definition) is 3. The normalized spacial score (nSPS) is 13.3. The maximum Gasteiger partial charge on any atom is 0.416 e. The van der Waals surface area contributed by atoms with Crippen molar-refractivity contribution in [1.29, 1.82) is 0 Å². The Kier molecular flexibility index (Phi) is 7.16. The lowest BCUT2D eigenvalue weighted by Crippen LogP contribution is -2.46. The van der Waals surface area contributed by atoms with Crippen LogP contribution in [0.4, 0.5) is 26.3 Å². The van der Waals surface area contributed by atoms with Crippen LogP contribution in [0.5, 0.6) is 0 Å². The number of carbonyl (C=O) groups is 1. The number of fused-ring (bicyclic) bond motifs is 1. The second-order valence-corrected chi connectivity index (χ2v) is 8.61. The van der Waals surface area contributed by atoms with Gasteiger partial charge in [-0.2, -0.15) is 13.2 Å². The highest BCUT2D eigenvalue weighted by atomic mass is 19.4. The molecule has 0 spiro atoms. The molecule has 0 unspecified atom stereocenters. The number of aromatic amines is 1. The van der Waals surface area contributed by atoms with E-state index in [1.165, 1.54) is 13.0 Å². The number of hydrogen-bond donors (Lipinski definition) is 2. The molecular formula is C26H19F6N3O3. The molecular weight excluding hydrogens is 516 g/mol. The van der Waals surface area contributed by atoms with Crippen molar-refractivity contribution in [2.45, 2.75) is 31.6 Å². The summed E-state index contributed by atoms with van der Waals surface area (Å²) in [5.74, 6) is -3.53. The van der Waals surface area contributed by atoms with E-state index in [1.54, 1.807) is 0 Å². The standard InChI is InChI=1S/C26H19F6N3O3/c1-13(18-8-6-17(28)12-20(18)29)33-23(36)22(10-14-2-4-15(5-3-14)26(30,31)32)35-24(37)19-11-16(27)7-9-21(19)34-25(35)38/h2-9,11-13,22H,10H2,1H3,(H,33,36)(H,34,38)/t13-,22+/m1/s1. The molecule has 0 bridgehead atoms. The third-order valence-electron chi connectivity index (χ3n) is 6.00. The predicted molar refractivity (Wildman–Crippen MR) is 126 cm³/mol. The van der Waals surface area contributed by atoms with E-state index in [1.807, 2.05) is 0 Å². The van der Waals surface area contributed by atoms with Crippen molar-refractivity contribution >= 4 is 16.8 Å². The number of nitrogens with one attached hydrogen (secondary N) is 2. The second kappa shape index (κ2) is 10.2. The van der Waals surface area contributed by atoms with Crippen LogP contribution in [-0.2, 0) is 17.4 Å². The zero-order valence-corrected chi connectivity index (χ0v) is 19.6. The van der Waals surface area contributed by atoms with E-state index in [-0.39, 0.29) is 22.0 Å². The van der Waals surface area contributed by atoms with Crippen LogP contribution in [0, 0.1) is 17.5 Å². The monoisotopic (exact) mass is 535 g/mol. The minimum atomic E-state index is -4.61. The van der Waals surface area contributed by atoms with E-state index in [4.69, 9.17) is 0 Å². The first-order chi connectivity index (χ1) is 17.8. The molecule has 0 fully saturated rings. The third-order valence-corrected chi connectivity index (χ3v) is 6.00. The van der Waals surface area contributed by atoms with Gasteiger partial charge < -0.3 is 10.3 Å². The smallest absolute Gasteiger partial charge is 0.348 e. The molecule has 198 valence electrons. The number of rotatable bonds is 6. The van der Waals surface area contributed by atoms with Gasteiger partial charge in [0.05, 0.1) is 22.5 Å². The van der Waals surface area contributed by atoms with E-state index < -0.39 is 64.9 Å². The van der Waals surface area contributed by atoms with Crippen LogP contribution >= 0.6 is 0 Å². The third kappa shape index (κ3) is 5.48. The Balaban J connectivity index is 1.78. The average molecular weight is 535 g/mol. The van der Waals surface area contributed by atoms with E-state index in [0.29, 0.717) is 10.6 Å². The fraction of sp³-hybridized carbons (Fsp3) is 0.192. The van der Waals surface area contributed by atoms with Gasteiger partial charge in [-0.05, 0) is 48.9 Å². The number of halogens is 6. The second-order valence-electron chi connectivity index (χ2n) is 8.61. The van der Waals surface area contributed by atoms with Gasteiger partial charge in [0.1, 0.15) is 23.5 Å². The molecule has 0 aliphatic carbocycles. The molecule has 2 N–H and O–H groups in total. The molecule has 0 saturated carbocycles. The highest BCUT2D eigenvalue weighted by molar-refractivity contribution is 5.82. The van der Waals surface area contributed by atoms with Gasteiger partial charge in [-0.15, -0.1) is 0 Å². The maximum absolute atomic E-state index is 14.3. The summed E-state index contributed by atoms with van der Waals surface area (Å²) in [5, 5.41) is 2.21. The van der Waals surface area contributed by atoms with Crippen LogP contribution in [-0.4, -0.2) is 15.5 Å². The Morgan fingerprint density at radius 1 is 0.947 bits per heavy atom. The Morgan fingerprint density at radius 2 is 1.58 bits per heavy atom. The summed E-state index contributed by atoms with van der Waals surface area (Å²) in [6.07, 6.45) is -5.02. The Labute approximate surface area is 210 Å². The van der Waals surface area contributed by atoms with Gasteiger partial charge in [-0.1, -0.05) is 18.2 Å². The SMILES string of the molecule is C[C@@H](NC(=O)[C@H](Cc1ccc(C(F)(F)F)cc1)n1c(=O)[nH]c2ccc(F)cc2c1=O)c1ccc(F)cc1F. The van der Waals surface area contributed by atoms with Crippen molar-refractivity contribution in [3.05, 3.63) is 116 Å². The van der Waals surface area contributed by atoms with Crippen molar-refractivity contribution in [3.63, 3.8) is 0 Å². The van der Waals surface area contributed by atoms with Crippen molar-refractivity contribution in [2.24, 2.45) is 0 Å². The average Bonchev–Trinajstić information content (AvgIpc) is 2.83. The van der Waals surface area contributed by atoms with Gasteiger partial charge in [0.25, 0.3) is 5.56 Å². The van der Waals surface area contributed by atoms with Crippen molar-refractivity contribution < 1.29 is 31.1 Å². The lowest BCUT2D eigenvalue weighted by molar-refractivity contribution is -0.137. The molecule has 4 rings (SSSR count). The molecule has 3 aromatic carbocycles. The van der Waals surface area contributed by atoms with Crippen LogP contribution in [0.15, 0.2) is 70.3 Å². The molecule has 0 radical (unpaired) electrons. The summed E-state index contributed by atoms with van der Waals surface area (Å²) >= 11 is 0. The molecule has 1 aromatic heterocycles. The Hall–Kier alpha value is -4.35. The van der Waals surface area contributed by atoms with Gasteiger partial charge in [-0.3, -0.25) is 9.59 Å². The first-order valence-corrected chi connectivity index (χ1v) is 11.2. The van der Waals surface area contributed by atoms with Gasteiger partial charge in [0.2, 0.25) is 5.91 Å². The molecule has 0 aliphatic heterocycles. The first kappa shape index (κ1) is 26.7. The largest absolute Gasteiger partial charge is 0.416 e. The number of nitrogens with zero attached hydrogens (tertiary/aromatic N) is 1. The summed E-state index contributed by atoms with van der Waals surface area (Å²) in [6.45, 7) is 1.38.